The summed E-state index contributed by atoms with van der Waals surface area (Å²) in [5.41, 5.74) is 5.41. The molecular weight excluding hydrogens is 142 g/mol. The van der Waals surface area contributed by atoms with E-state index >= 15 is 0 Å². The summed E-state index contributed by atoms with van der Waals surface area (Å²) in [5, 5.41) is 11.3. The van der Waals surface area contributed by atoms with Crippen LogP contribution in [0.3, 0.4) is 0 Å². The molecule has 1 aliphatic rings. The second kappa shape index (κ2) is 2.98. The second-order valence-corrected chi connectivity index (χ2v) is 3.15. The van der Waals surface area contributed by atoms with Crippen molar-refractivity contribution in [1.82, 2.24) is 4.90 Å². The zero-order valence-corrected chi connectivity index (χ0v) is 6.99. The Hall–Kier alpha value is -0.930. The summed E-state index contributed by atoms with van der Waals surface area (Å²) >= 11 is 0. The molecule has 3 N–H and O–H groups in total. The molecule has 1 aliphatic carbocycles. The van der Waals surface area contributed by atoms with E-state index in [1.807, 2.05) is 7.05 Å². The molecule has 0 heterocycles. The number of nitrogens with two attached hydrogens (primary N) is 1. The summed E-state index contributed by atoms with van der Waals surface area (Å²) in [5.74, 6) is 0.935. The molecule has 0 aromatic heterocycles. The van der Waals surface area contributed by atoms with Crippen molar-refractivity contribution < 1.29 is 5.21 Å². The minimum absolute atomic E-state index is 0.199. The molecule has 1 saturated carbocycles. The molecule has 1 fully saturated rings. The largest absolute Gasteiger partial charge is 0.408 e. The zero-order valence-electron chi connectivity index (χ0n) is 6.99. The van der Waals surface area contributed by atoms with Gasteiger partial charge in [0.25, 0.3) is 0 Å². The summed E-state index contributed by atoms with van der Waals surface area (Å²) in [6, 6.07) is 0.394. The van der Waals surface area contributed by atoms with Gasteiger partial charge in [0, 0.05) is 13.1 Å². The Balaban J connectivity index is 2.44. The first-order valence-electron chi connectivity index (χ1n) is 3.87. The fourth-order valence-electron chi connectivity index (χ4n) is 1.17. The monoisotopic (exact) mass is 157 g/mol. The van der Waals surface area contributed by atoms with Crippen molar-refractivity contribution in [3.63, 3.8) is 0 Å². The van der Waals surface area contributed by atoms with Gasteiger partial charge in [-0.1, -0.05) is 5.16 Å². The minimum atomic E-state index is 0.199. The van der Waals surface area contributed by atoms with E-state index in [-0.39, 0.29) is 5.96 Å². The highest BCUT2D eigenvalue weighted by atomic mass is 16.4. The van der Waals surface area contributed by atoms with E-state index in [1.54, 1.807) is 4.90 Å². The van der Waals surface area contributed by atoms with Crippen LogP contribution in [0.15, 0.2) is 5.16 Å². The summed E-state index contributed by atoms with van der Waals surface area (Å²) in [6.07, 6.45) is 2.54. The molecule has 0 bridgehead atoms. The fourth-order valence-corrected chi connectivity index (χ4v) is 1.17. The fraction of sp³-hybridized carbons (Fsp3) is 0.857. The van der Waals surface area contributed by atoms with Crippen molar-refractivity contribution in [3.05, 3.63) is 0 Å². The van der Waals surface area contributed by atoms with Crippen LogP contribution in [-0.4, -0.2) is 29.2 Å². The average Bonchev–Trinajstić information content (AvgIpc) is 2.82. The molecule has 0 radical (unpaired) electrons. The topological polar surface area (TPSA) is 61.8 Å². The van der Waals surface area contributed by atoms with Crippen LogP contribution < -0.4 is 5.73 Å². The molecule has 1 atom stereocenters. The van der Waals surface area contributed by atoms with Gasteiger partial charge in [-0.25, -0.2) is 0 Å². The maximum absolute atomic E-state index is 8.38. The van der Waals surface area contributed by atoms with Gasteiger partial charge in [0.05, 0.1) is 0 Å². The predicted octanol–water partition coefficient (Wildman–Crippen LogP) is 0.421. The van der Waals surface area contributed by atoms with Crippen molar-refractivity contribution in [2.45, 2.75) is 25.8 Å². The van der Waals surface area contributed by atoms with Crippen molar-refractivity contribution in [2.24, 2.45) is 16.8 Å². The second-order valence-electron chi connectivity index (χ2n) is 3.15. The molecule has 11 heavy (non-hydrogen) atoms. The molecule has 0 aromatic carbocycles. The summed E-state index contributed by atoms with van der Waals surface area (Å²) in [7, 11) is 1.85. The third kappa shape index (κ3) is 1.76. The van der Waals surface area contributed by atoms with Crippen LogP contribution >= 0.6 is 0 Å². The highest BCUT2D eigenvalue weighted by Gasteiger charge is 2.31. The zero-order chi connectivity index (χ0) is 8.43. The molecule has 64 valence electrons. The van der Waals surface area contributed by atoms with Gasteiger partial charge in [-0.3, -0.25) is 0 Å². The van der Waals surface area contributed by atoms with E-state index in [9.17, 15) is 0 Å². The van der Waals surface area contributed by atoms with E-state index in [1.165, 1.54) is 12.8 Å². The molecule has 1 unspecified atom stereocenters. The van der Waals surface area contributed by atoms with Crippen molar-refractivity contribution in [2.75, 3.05) is 7.05 Å². The molecule has 4 heteroatoms. The number of guanidine groups is 1. The van der Waals surface area contributed by atoms with Gasteiger partial charge in [-0.2, -0.15) is 0 Å². The summed E-state index contributed by atoms with van der Waals surface area (Å²) in [4.78, 5) is 1.80. The van der Waals surface area contributed by atoms with Crippen LogP contribution in [0.25, 0.3) is 0 Å². The van der Waals surface area contributed by atoms with Crippen LogP contribution in [0, 0.1) is 5.92 Å². The molecule has 0 spiro atoms. The highest BCUT2D eigenvalue weighted by molar-refractivity contribution is 5.77. The predicted molar refractivity (Wildman–Crippen MR) is 43.4 cm³/mol. The van der Waals surface area contributed by atoms with Gasteiger partial charge >= 0.3 is 0 Å². The SMILES string of the molecule is CC(C1CC1)N(C)/C(N)=N/O. The number of nitrogens with zero attached hydrogens (tertiary/aromatic N) is 2. The molecule has 0 aliphatic heterocycles. The number of oxime groups is 1. The Kier molecular flexibility index (Phi) is 2.22. The molecule has 4 nitrogen and oxygen atoms in total. The van der Waals surface area contributed by atoms with Crippen molar-refractivity contribution in [3.8, 4) is 0 Å². The maximum atomic E-state index is 8.38. The third-order valence-electron chi connectivity index (χ3n) is 2.38. The molecule has 0 aromatic rings. The highest BCUT2D eigenvalue weighted by Crippen LogP contribution is 2.34. The lowest BCUT2D eigenvalue weighted by Crippen LogP contribution is -2.41. The van der Waals surface area contributed by atoms with Crippen molar-refractivity contribution >= 4 is 5.96 Å². The average molecular weight is 157 g/mol. The van der Waals surface area contributed by atoms with E-state index < -0.39 is 0 Å². The first kappa shape index (κ1) is 8.17. The lowest BCUT2D eigenvalue weighted by Gasteiger charge is -2.24. The Morgan fingerprint density at radius 2 is 2.27 bits per heavy atom. The van der Waals surface area contributed by atoms with Gasteiger partial charge in [-0.15, -0.1) is 0 Å². The number of rotatable bonds is 2. The van der Waals surface area contributed by atoms with Crippen LogP contribution in [0.2, 0.25) is 0 Å². The molecule has 0 saturated heterocycles. The lowest BCUT2D eigenvalue weighted by atomic mass is 10.2. The van der Waals surface area contributed by atoms with Gasteiger partial charge < -0.3 is 15.8 Å². The summed E-state index contributed by atoms with van der Waals surface area (Å²) < 4.78 is 0. The Labute approximate surface area is 66.7 Å². The van der Waals surface area contributed by atoms with Gasteiger partial charge in [0.15, 0.2) is 0 Å². The van der Waals surface area contributed by atoms with Crippen LogP contribution in [0.5, 0.6) is 0 Å². The van der Waals surface area contributed by atoms with E-state index in [0.717, 1.165) is 5.92 Å². The van der Waals surface area contributed by atoms with E-state index in [2.05, 4.69) is 12.1 Å². The minimum Gasteiger partial charge on any atom is -0.408 e. The van der Waals surface area contributed by atoms with Gasteiger partial charge in [0.2, 0.25) is 5.96 Å². The van der Waals surface area contributed by atoms with Crippen molar-refractivity contribution in [1.29, 1.82) is 0 Å². The standard InChI is InChI=1S/C7H15N3O/c1-5(6-3-4-6)10(2)7(8)9-11/h5-6,11H,3-4H2,1-2H3,(H2,8,9). The van der Waals surface area contributed by atoms with Crippen LogP contribution in [0.4, 0.5) is 0 Å². The Morgan fingerprint density at radius 1 is 1.73 bits per heavy atom. The molecule has 0 amide bonds. The maximum Gasteiger partial charge on any atom is 0.233 e. The molecular formula is C7H15N3O. The van der Waals surface area contributed by atoms with Gasteiger partial charge in [-0.05, 0) is 25.7 Å². The normalized spacial score (nSPS) is 21.5. The van der Waals surface area contributed by atoms with Crippen LogP contribution in [-0.2, 0) is 0 Å². The number of hydrogen-bond acceptors (Lipinski definition) is 2. The first-order chi connectivity index (χ1) is 5.16. The third-order valence-corrected chi connectivity index (χ3v) is 2.38. The van der Waals surface area contributed by atoms with Crippen LogP contribution in [0.1, 0.15) is 19.8 Å². The van der Waals surface area contributed by atoms with E-state index in [0.29, 0.717) is 6.04 Å². The molecule has 1 rings (SSSR count). The Morgan fingerprint density at radius 3 is 2.64 bits per heavy atom. The van der Waals surface area contributed by atoms with Gasteiger partial charge in [0.1, 0.15) is 0 Å². The smallest absolute Gasteiger partial charge is 0.233 e. The van der Waals surface area contributed by atoms with E-state index in [4.69, 9.17) is 10.9 Å². The number of hydrogen-bond donors (Lipinski definition) is 2. The summed E-state index contributed by atoms with van der Waals surface area (Å²) in [6.45, 7) is 2.09. The first-order valence-corrected chi connectivity index (χ1v) is 3.87. The lowest BCUT2D eigenvalue weighted by molar-refractivity contribution is 0.285. The quantitative estimate of drug-likeness (QED) is 0.264. The Bertz CT molecular complexity index is 165.